The lowest BCUT2D eigenvalue weighted by Gasteiger charge is -2.30. The van der Waals surface area contributed by atoms with E-state index in [4.69, 9.17) is 9.47 Å². The van der Waals surface area contributed by atoms with Gasteiger partial charge in [-0.05, 0) is 12.8 Å². The summed E-state index contributed by atoms with van der Waals surface area (Å²) in [6, 6.07) is 4.64. The van der Waals surface area contributed by atoms with Gasteiger partial charge in [-0.25, -0.2) is 4.79 Å². The van der Waals surface area contributed by atoms with E-state index in [-0.39, 0.29) is 24.8 Å². The lowest BCUT2D eigenvalue weighted by molar-refractivity contribution is -0.132. The molecule has 0 bridgehead atoms. The maximum atomic E-state index is 12.7. The molecule has 146 valence electrons. The van der Waals surface area contributed by atoms with Crippen molar-refractivity contribution in [2.24, 2.45) is 0 Å². The summed E-state index contributed by atoms with van der Waals surface area (Å²) in [4.78, 5) is 38.4. The Kier molecular flexibility index (Phi) is 5.53. The highest BCUT2D eigenvalue weighted by molar-refractivity contribution is 6.07. The summed E-state index contributed by atoms with van der Waals surface area (Å²) in [5, 5.41) is 5.59. The largest absolute Gasteiger partial charge is 0.497 e. The third kappa shape index (κ3) is 3.99. The van der Waals surface area contributed by atoms with Gasteiger partial charge in [-0.15, -0.1) is 0 Å². The van der Waals surface area contributed by atoms with Gasteiger partial charge in [0.15, 0.2) is 0 Å². The van der Waals surface area contributed by atoms with Crippen molar-refractivity contribution in [3.05, 3.63) is 18.2 Å². The first-order valence-electron chi connectivity index (χ1n) is 9.14. The molecule has 0 atom stereocenters. The maximum absolute atomic E-state index is 12.7. The van der Waals surface area contributed by atoms with Gasteiger partial charge in [0.05, 0.1) is 14.2 Å². The molecule has 1 aliphatic carbocycles. The molecule has 0 radical (unpaired) electrons. The predicted octanol–water partition coefficient (Wildman–Crippen LogP) is 2.29. The van der Waals surface area contributed by atoms with Gasteiger partial charge in [0.2, 0.25) is 5.91 Å². The number of hydrogen-bond acceptors (Lipinski definition) is 5. The van der Waals surface area contributed by atoms with Crippen LogP contribution in [0, 0.1) is 0 Å². The molecule has 27 heavy (non-hydrogen) atoms. The summed E-state index contributed by atoms with van der Waals surface area (Å²) in [7, 11) is 3.05. The highest BCUT2D eigenvalue weighted by Crippen LogP contribution is 2.33. The number of nitrogens with zero attached hydrogens (tertiary/aromatic N) is 1. The van der Waals surface area contributed by atoms with Gasteiger partial charge in [-0.1, -0.05) is 19.3 Å². The predicted molar refractivity (Wildman–Crippen MR) is 98.9 cm³/mol. The normalized spacial score (nSPS) is 18.4. The molecule has 4 amide bonds. The second kappa shape index (κ2) is 7.85. The minimum Gasteiger partial charge on any atom is -0.497 e. The van der Waals surface area contributed by atoms with Gasteiger partial charge < -0.3 is 20.1 Å². The van der Waals surface area contributed by atoms with Crippen molar-refractivity contribution >= 4 is 23.5 Å². The smallest absolute Gasteiger partial charge is 0.325 e. The Morgan fingerprint density at radius 2 is 1.74 bits per heavy atom. The summed E-state index contributed by atoms with van der Waals surface area (Å²) in [5.41, 5.74) is -0.233. The molecule has 8 nitrogen and oxygen atoms in total. The number of anilines is 1. The van der Waals surface area contributed by atoms with Gasteiger partial charge in [-0.2, -0.15) is 0 Å². The van der Waals surface area contributed by atoms with Gasteiger partial charge in [-0.3, -0.25) is 14.5 Å². The molecule has 3 rings (SSSR count). The van der Waals surface area contributed by atoms with Crippen LogP contribution in [-0.2, 0) is 9.59 Å². The van der Waals surface area contributed by atoms with Crippen LogP contribution in [0.2, 0.25) is 0 Å². The van der Waals surface area contributed by atoms with E-state index >= 15 is 0 Å². The minimum atomic E-state index is -0.758. The third-order valence-electron chi connectivity index (χ3n) is 5.15. The number of amides is 4. The number of ether oxygens (including phenoxy) is 2. The van der Waals surface area contributed by atoms with Crippen molar-refractivity contribution in [2.75, 3.05) is 26.1 Å². The van der Waals surface area contributed by atoms with Gasteiger partial charge in [0, 0.05) is 36.9 Å². The third-order valence-corrected chi connectivity index (χ3v) is 5.15. The SMILES string of the molecule is COc1cc(NC(=O)CCN2C(=O)NC3(CCCCC3)C2=O)cc(OC)c1. The number of rotatable bonds is 6. The lowest BCUT2D eigenvalue weighted by Crippen LogP contribution is -2.48. The molecule has 8 heteroatoms. The van der Waals surface area contributed by atoms with Gasteiger partial charge in [0.1, 0.15) is 17.0 Å². The topological polar surface area (TPSA) is 97.0 Å². The first-order valence-corrected chi connectivity index (χ1v) is 9.14. The summed E-state index contributed by atoms with van der Waals surface area (Å²) >= 11 is 0. The Balaban J connectivity index is 1.59. The monoisotopic (exact) mass is 375 g/mol. The van der Waals surface area contributed by atoms with Crippen LogP contribution in [0.4, 0.5) is 10.5 Å². The first-order chi connectivity index (χ1) is 13.0. The molecule has 0 unspecified atom stereocenters. The van der Waals surface area contributed by atoms with Crippen molar-refractivity contribution in [3.63, 3.8) is 0 Å². The number of carbonyl (C=O) groups excluding carboxylic acids is 3. The zero-order chi connectivity index (χ0) is 19.4. The van der Waals surface area contributed by atoms with Crippen LogP contribution in [0.3, 0.4) is 0 Å². The molecule has 1 aliphatic heterocycles. The molecule has 1 saturated heterocycles. The quantitative estimate of drug-likeness (QED) is 0.744. The van der Waals surface area contributed by atoms with Crippen molar-refractivity contribution in [1.82, 2.24) is 10.2 Å². The Morgan fingerprint density at radius 3 is 2.33 bits per heavy atom. The van der Waals surface area contributed by atoms with E-state index < -0.39 is 11.6 Å². The van der Waals surface area contributed by atoms with Crippen LogP contribution in [0.5, 0.6) is 11.5 Å². The molecule has 2 N–H and O–H groups in total. The average Bonchev–Trinajstić information content (AvgIpc) is 2.89. The van der Waals surface area contributed by atoms with Crippen LogP contribution in [0.1, 0.15) is 38.5 Å². The van der Waals surface area contributed by atoms with E-state index in [1.165, 1.54) is 14.2 Å². The zero-order valence-corrected chi connectivity index (χ0v) is 15.7. The highest BCUT2D eigenvalue weighted by atomic mass is 16.5. The molecular weight excluding hydrogens is 350 g/mol. The molecule has 1 aromatic carbocycles. The molecule has 1 heterocycles. The molecule has 2 aliphatic rings. The van der Waals surface area contributed by atoms with Crippen molar-refractivity contribution in [1.29, 1.82) is 0 Å². The molecule has 1 spiro atoms. The number of nitrogens with one attached hydrogen (secondary N) is 2. The second-order valence-electron chi connectivity index (χ2n) is 6.93. The van der Waals surface area contributed by atoms with Crippen molar-refractivity contribution < 1.29 is 23.9 Å². The zero-order valence-electron chi connectivity index (χ0n) is 15.7. The van der Waals surface area contributed by atoms with Crippen LogP contribution in [0.15, 0.2) is 18.2 Å². The number of urea groups is 1. The number of carbonyl (C=O) groups is 3. The number of hydrogen-bond donors (Lipinski definition) is 2. The van der Waals surface area contributed by atoms with E-state index in [1.54, 1.807) is 18.2 Å². The van der Waals surface area contributed by atoms with Crippen molar-refractivity contribution in [2.45, 2.75) is 44.1 Å². The molecule has 2 fully saturated rings. The molecule has 1 saturated carbocycles. The highest BCUT2D eigenvalue weighted by Gasteiger charge is 2.51. The van der Waals surface area contributed by atoms with Crippen LogP contribution in [0.25, 0.3) is 0 Å². The standard InChI is InChI=1S/C19H25N3O5/c1-26-14-10-13(11-15(12-14)27-2)20-16(23)6-9-22-17(24)19(21-18(22)25)7-4-3-5-8-19/h10-12H,3-9H2,1-2H3,(H,20,23)(H,21,25). The van der Waals surface area contributed by atoms with Crippen LogP contribution < -0.4 is 20.1 Å². The average molecular weight is 375 g/mol. The summed E-state index contributed by atoms with van der Waals surface area (Å²) < 4.78 is 10.3. The Labute approximate surface area is 158 Å². The number of imide groups is 1. The second-order valence-corrected chi connectivity index (χ2v) is 6.93. The Morgan fingerprint density at radius 1 is 1.11 bits per heavy atom. The maximum Gasteiger partial charge on any atom is 0.325 e. The minimum absolute atomic E-state index is 0.0226. The van der Waals surface area contributed by atoms with Crippen LogP contribution in [-0.4, -0.2) is 49.0 Å². The molecular formula is C19H25N3O5. The lowest BCUT2D eigenvalue weighted by atomic mass is 9.82. The fourth-order valence-corrected chi connectivity index (χ4v) is 3.69. The fraction of sp³-hybridized carbons (Fsp3) is 0.526. The number of benzene rings is 1. The molecule has 1 aromatic rings. The molecule has 0 aromatic heterocycles. The number of methoxy groups -OCH3 is 2. The summed E-state index contributed by atoms with van der Waals surface area (Å²) in [6.07, 6.45) is 4.30. The van der Waals surface area contributed by atoms with Gasteiger partial charge >= 0.3 is 6.03 Å². The summed E-state index contributed by atoms with van der Waals surface area (Å²) in [5.74, 6) is 0.606. The van der Waals surface area contributed by atoms with E-state index in [0.717, 1.165) is 24.2 Å². The Hall–Kier alpha value is -2.77. The van der Waals surface area contributed by atoms with E-state index in [2.05, 4.69) is 10.6 Å². The first kappa shape index (κ1) is 19.0. The van der Waals surface area contributed by atoms with Crippen molar-refractivity contribution in [3.8, 4) is 11.5 Å². The van der Waals surface area contributed by atoms with Crippen LogP contribution >= 0.6 is 0 Å². The van der Waals surface area contributed by atoms with E-state index in [9.17, 15) is 14.4 Å². The van der Waals surface area contributed by atoms with E-state index in [0.29, 0.717) is 30.0 Å². The van der Waals surface area contributed by atoms with Gasteiger partial charge in [0.25, 0.3) is 5.91 Å². The summed E-state index contributed by atoms with van der Waals surface area (Å²) in [6.45, 7) is 0.0549. The fourth-order valence-electron chi connectivity index (χ4n) is 3.69. The van der Waals surface area contributed by atoms with E-state index in [1.807, 2.05) is 0 Å². The Bertz CT molecular complexity index is 721.